The number of hydrogen-bond acceptors (Lipinski definition) is 2. The highest BCUT2D eigenvalue weighted by molar-refractivity contribution is 4.46. The van der Waals surface area contributed by atoms with E-state index in [9.17, 15) is 4.91 Å². The van der Waals surface area contributed by atoms with Gasteiger partial charge in [0.05, 0.1) is 6.54 Å². The Morgan fingerprint density at radius 1 is 1.71 bits per heavy atom. The van der Waals surface area contributed by atoms with Crippen molar-refractivity contribution in [1.82, 2.24) is 4.90 Å². The lowest BCUT2D eigenvalue weighted by Gasteiger charge is -1.92. The second-order valence-corrected chi connectivity index (χ2v) is 1.93. The van der Waals surface area contributed by atoms with E-state index in [1.54, 1.807) is 0 Å². The van der Waals surface area contributed by atoms with Gasteiger partial charge in [-0.3, -0.25) is 0 Å². The van der Waals surface area contributed by atoms with Crippen molar-refractivity contribution >= 4 is 0 Å². The molecule has 0 aromatic carbocycles. The van der Waals surface area contributed by atoms with Gasteiger partial charge in [0.1, 0.15) is 0 Å². The molecule has 3 heteroatoms. The van der Waals surface area contributed by atoms with Gasteiger partial charge in [-0.15, -0.1) is 0 Å². The van der Waals surface area contributed by atoms with E-state index in [0.717, 1.165) is 11.3 Å². The van der Waals surface area contributed by atoms with E-state index in [0.29, 0.717) is 13.2 Å². The zero-order valence-corrected chi connectivity index (χ0v) is 4.42. The predicted octanol–water partition coefficient (Wildman–Crippen LogP) is -0.332. The monoisotopic (exact) mass is 101 g/mol. The fraction of sp³-hybridized carbons (Fsp3) is 1.00. The van der Waals surface area contributed by atoms with Gasteiger partial charge >= 0.3 is 0 Å². The molecule has 1 aliphatic rings. The average Bonchev–Trinajstić information content (AvgIpc) is 1.87. The summed E-state index contributed by atoms with van der Waals surface area (Å²) in [6, 6.07) is 0. The fourth-order valence-corrected chi connectivity index (χ4v) is 0.693. The van der Waals surface area contributed by atoms with Crippen LogP contribution in [0.1, 0.15) is 0 Å². The van der Waals surface area contributed by atoms with Gasteiger partial charge in [-0.25, -0.2) is 4.90 Å². The van der Waals surface area contributed by atoms with Crippen molar-refractivity contribution in [2.45, 2.75) is 0 Å². The first kappa shape index (κ1) is 4.71. The zero-order valence-electron chi connectivity index (χ0n) is 4.42. The smallest absolute Gasteiger partial charge is 0.241 e. The van der Waals surface area contributed by atoms with Crippen LogP contribution in [0.25, 0.3) is 0 Å². The molecule has 0 saturated carbocycles. The van der Waals surface area contributed by atoms with Crippen LogP contribution < -0.4 is 0 Å². The molecular formula is C4H9N2O+. The van der Waals surface area contributed by atoms with E-state index < -0.39 is 0 Å². The molecule has 1 aliphatic heterocycles. The van der Waals surface area contributed by atoms with E-state index in [2.05, 4.69) is 0 Å². The summed E-state index contributed by atoms with van der Waals surface area (Å²) in [4.78, 5) is 12.3. The molecule has 0 unspecified atom stereocenters. The maximum absolute atomic E-state index is 10.3. The molecule has 3 nitrogen and oxygen atoms in total. The lowest BCUT2D eigenvalue weighted by Crippen LogP contribution is -2.13. The van der Waals surface area contributed by atoms with Crippen LogP contribution >= 0.6 is 0 Å². The third kappa shape index (κ3) is 0.962. The van der Waals surface area contributed by atoms with Crippen molar-refractivity contribution in [2.75, 3.05) is 26.8 Å². The minimum Gasteiger partial charge on any atom is -0.241 e. The zero-order chi connectivity index (χ0) is 5.28. The lowest BCUT2D eigenvalue weighted by molar-refractivity contribution is -0.535. The quantitative estimate of drug-likeness (QED) is 0.390. The maximum atomic E-state index is 10.3. The summed E-state index contributed by atoms with van der Waals surface area (Å²) >= 11 is 0. The third-order valence-corrected chi connectivity index (χ3v) is 1.13. The van der Waals surface area contributed by atoms with Gasteiger partial charge < -0.3 is 0 Å². The van der Waals surface area contributed by atoms with Gasteiger partial charge in [-0.1, -0.05) is 0 Å². The van der Waals surface area contributed by atoms with E-state index >= 15 is 0 Å². The molecule has 1 fully saturated rings. The summed E-state index contributed by atoms with van der Waals surface area (Å²) in [5.74, 6) is 0. The number of likely N-dealkylation sites (N-methyl/N-ethyl adjacent to an activating group) is 1. The summed E-state index contributed by atoms with van der Waals surface area (Å²) in [5.41, 5.74) is 0. The molecule has 0 aromatic rings. The minimum atomic E-state index is 0.583. The highest BCUT2D eigenvalue weighted by Crippen LogP contribution is 1.91. The molecule has 0 N–H and O–H groups in total. The molecule has 0 atom stereocenters. The molecule has 0 aromatic heterocycles. The van der Waals surface area contributed by atoms with E-state index in [1.807, 2.05) is 11.9 Å². The Labute approximate surface area is 42.5 Å². The van der Waals surface area contributed by atoms with Crippen LogP contribution in [0, 0.1) is 4.91 Å². The Hall–Kier alpha value is -0.440. The standard InChI is InChI=1S/C4H9N2O/c1-5-2-3-6(7)4-5/h2-4H2,1H3/q+1. The van der Waals surface area contributed by atoms with Crippen LogP contribution in [0.2, 0.25) is 0 Å². The van der Waals surface area contributed by atoms with Crippen LogP contribution in [0.15, 0.2) is 0 Å². The van der Waals surface area contributed by atoms with Crippen molar-refractivity contribution in [3.63, 3.8) is 0 Å². The summed E-state index contributed by atoms with van der Waals surface area (Å²) < 4.78 is 1.06. The van der Waals surface area contributed by atoms with Crippen molar-refractivity contribution in [2.24, 2.45) is 0 Å². The molecule has 40 valence electrons. The SMILES string of the molecule is CN1CC[N+](=O)C1. The van der Waals surface area contributed by atoms with Crippen LogP contribution in [-0.4, -0.2) is 36.5 Å². The molecule has 0 amide bonds. The second-order valence-electron chi connectivity index (χ2n) is 1.93. The number of nitroso groups, excluding NO2 is 1. The highest BCUT2D eigenvalue weighted by atomic mass is 16.3. The van der Waals surface area contributed by atoms with Gasteiger partial charge in [0.2, 0.25) is 13.2 Å². The van der Waals surface area contributed by atoms with E-state index in [-0.39, 0.29) is 0 Å². The Morgan fingerprint density at radius 3 is 2.57 bits per heavy atom. The third-order valence-electron chi connectivity index (χ3n) is 1.13. The first-order valence-corrected chi connectivity index (χ1v) is 2.39. The lowest BCUT2D eigenvalue weighted by atomic mass is 10.7. The molecule has 0 spiro atoms. The van der Waals surface area contributed by atoms with Crippen LogP contribution in [0.4, 0.5) is 0 Å². The van der Waals surface area contributed by atoms with Gasteiger partial charge in [-0.05, 0) is 7.05 Å². The summed E-state index contributed by atoms with van der Waals surface area (Å²) in [6.45, 7) is 2.18. The van der Waals surface area contributed by atoms with Crippen LogP contribution in [-0.2, 0) is 0 Å². The van der Waals surface area contributed by atoms with E-state index in [1.165, 1.54) is 0 Å². The molecule has 1 saturated heterocycles. The second kappa shape index (κ2) is 1.58. The topological polar surface area (TPSA) is 23.3 Å². The van der Waals surface area contributed by atoms with Crippen LogP contribution in [0.5, 0.6) is 0 Å². The fourth-order valence-electron chi connectivity index (χ4n) is 0.693. The van der Waals surface area contributed by atoms with Gasteiger partial charge in [-0.2, -0.15) is 0 Å². The van der Waals surface area contributed by atoms with Gasteiger partial charge in [0, 0.05) is 9.67 Å². The molecule has 0 aliphatic carbocycles. The number of hydrogen-bond donors (Lipinski definition) is 0. The van der Waals surface area contributed by atoms with Crippen molar-refractivity contribution in [3.05, 3.63) is 4.91 Å². The minimum absolute atomic E-state index is 0.583. The number of nitrogens with zero attached hydrogens (tertiary/aromatic N) is 2. The Morgan fingerprint density at radius 2 is 2.43 bits per heavy atom. The Bertz CT molecular complexity index is 91.7. The normalized spacial score (nSPS) is 23.9. The molecule has 1 rings (SSSR count). The Balaban J connectivity index is 2.40. The van der Waals surface area contributed by atoms with Crippen molar-refractivity contribution in [1.29, 1.82) is 0 Å². The largest absolute Gasteiger partial charge is 0.247 e. The first-order valence-electron chi connectivity index (χ1n) is 2.39. The molecule has 0 radical (unpaired) electrons. The van der Waals surface area contributed by atoms with Crippen molar-refractivity contribution in [3.8, 4) is 0 Å². The highest BCUT2D eigenvalue weighted by Gasteiger charge is 2.20. The molecule has 0 bridgehead atoms. The summed E-state index contributed by atoms with van der Waals surface area (Å²) in [7, 11) is 1.94. The predicted molar refractivity (Wildman–Crippen MR) is 26.0 cm³/mol. The average molecular weight is 101 g/mol. The molecule has 7 heavy (non-hydrogen) atoms. The Kier molecular flexibility index (Phi) is 1.06. The molecular weight excluding hydrogens is 92.1 g/mol. The number of rotatable bonds is 0. The van der Waals surface area contributed by atoms with Gasteiger partial charge in [0.25, 0.3) is 0 Å². The maximum Gasteiger partial charge on any atom is 0.247 e. The summed E-state index contributed by atoms with van der Waals surface area (Å²) in [5, 5.41) is 0. The molecule has 1 heterocycles. The first-order chi connectivity index (χ1) is 3.29. The van der Waals surface area contributed by atoms with Crippen LogP contribution in [0.3, 0.4) is 0 Å². The van der Waals surface area contributed by atoms with Gasteiger partial charge in [0.15, 0.2) is 0 Å². The van der Waals surface area contributed by atoms with E-state index in [4.69, 9.17) is 0 Å². The summed E-state index contributed by atoms with van der Waals surface area (Å²) in [6.07, 6.45) is 0. The van der Waals surface area contributed by atoms with Crippen molar-refractivity contribution < 1.29 is 4.76 Å².